The molecule has 2 rings (SSSR count). The van der Waals surface area contributed by atoms with Crippen LogP contribution in [0, 0.1) is 19.8 Å². The summed E-state index contributed by atoms with van der Waals surface area (Å²) in [5.41, 5.74) is 10.3. The quantitative estimate of drug-likeness (QED) is 0.904. The molecule has 0 radical (unpaired) electrons. The van der Waals surface area contributed by atoms with Gasteiger partial charge in [0.1, 0.15) is 0 Å². The minimum atomic E-state index is 0.175. The number of nitrogens with two attached hydrogens (primary N) is 1. The normalized spacial score (nSPS) is 22.5. The summed E-state index contributed by atoms with van der Waals surface area (Å²) < 4.78 is 0. The predicted octanol–water partition coefficient (Wildman–Crippen LogP) is 3.82. The Kier molecular flexibility index (Phi) is 5.62. The summed E-state index contributed by atoms with van der Waals surface area (Å²) >= 11 is 0. The van der Waals surface area contributed by atoms with Gasteiger partial charge in [-0.1, -0.05) is 36.2 Å². The number of rotatable bonds is 4. The Labute approximate surface area is 124 Å². The van der Waals surface area contributed by atoms with Crippen LogP contribution in [-0.2, 0) is 0 Å². The third kappa shape index (κ3) is 4.60. The molecule has 1 saturated heterocycles. The van der Waals surface area contributed by atoms with E-state index in [-0.39, 0.29) is 6.04 Å². The van der Waals surface area contributed by atoms with Crippen LogP contribution in [0.5, 0.6) is 0 Å². The van der Waals surface area contributed by atoms with Crippen molar-refractivity contribution >= 4 is 0 Å². The summed E-state index contributed by atoms with van der Waals surface area (Å²) in [4.78, 5) is 2.60. The summed E-state index contributed by atoms with van der Waals surface area (Å²) in [6.07, 6.45) is 5.15. The van der Waals surface area contributed by atoms with Crippen molar-refractivity contribution in [2.75, 3.05) is 19.6 Å². The first-order valence-electron chi connectivity index (χ1n) is 8.10. The molecule has 0 saturated carbocycles. The lowest BCUT2D eigenvalue weighted by Gasteiger charge is -2.22. The van der Waals surface area contributed by atoms with Crippen LogP contribution in [0.1, 0.15) is 55.3 Å². The lowest BCUT2D eigenvalue weighted by Crippen LogP contribution is -2.28. The second kappa shape index (κ2) is 7.24. The Bertz CT molecular complexity index is 407. The topological polar surface area (TPSA) is 29.3 Å². The molecule has 1 fully saturated rings. The molecule has 2 heteroatoms. The highest BCUT2D eigenvalue weighted by Gasteiger charge is 2.15. The molecule has 112 valence electrons. The van der Waals surface area contributed by atoms with Crippen molar-refractivity contribution < 1.29 is 0 Å². The largest absolute Gasteiger partial charge is 0.324 e. The fraction of sp³-hybridized carbons (Fsp3) is 0.667. The summed E-state index contributed by atoms with van der Waals surface area (Å²) in [5, 5.41) is 0. The smallest absolute Gasteiger partial charge is 0.0307 e. The number of likely N-dealkylation sites (tertiary alicyclic amines) is 1. The van der Waals surface area contributed by atoms with E-state index in [4.69, 9.17) is 5.73 Å². The Balaban J connectivity index is 1.86. The van der Waals surface area contributed by atoms with Gasteiger partial charge in [0, 0.05) is 6.04 Å². The van der Waals surface area contributed by atoms with E-state index < -0.39 is 0 Å². The van der Waals surface area contributed by atoms with Crippen molar-refractivity contribution in [1.82, 2.24) is 4.90 Å². The molecule has 0 aliphatic carbocycles. The number of nitrogens with zero attached hydrogens (tertiary/aromatic N) is 1. The molecule has 2 unspecified atom stereocenters. The van der Waals surface area contributed by atoms with Gasteiger partial charge in [-0.05, 0) is 70.6 Å². The lowest BCUT2D eigenvalue weighted by molar-refractivity contribution is 0.270. The van der Waals surface area contributed by atoms with Crippen LogP contribution >= 0.6 is 0 Å². The second-order valence-corrected chi connectivity index (χ2v) is 6.69. The zero-order valence-electron chi connectivity index (χ0n) is 13.4. The van der Waals surface area contributed by atoms with Gasteiger partial charge in [0.05, 0.1) is 0 Å². The van der Waals surface area contributed by atoms with Gasteiger partial charge in [0.15, 0.2) is 0 Å². The van der Waals surface area contributed by atoms with E-state index in [1.807, 2.05) is 0 Å². The van der Waals surface area contributed by atoms with Gasteiger partial charge in [-0.3, -0.25) is 0 Å². The Morgan fingerprint density at radius 1 is 1.15 bits per heavy atom. The van der Waals surface area contributed by atoms with Crippen molar-refractivity contribution in [3.05, 3.63) is 34.9 Å². The Morgan fingerprint density at radius 3 is 2.55 bits per heavy atom. The molecular formula is C18H30N2. The Hall–Kier alpha value is -0.860. The van der Waals surface area contributed by atoms with E-state index in [2.05, 4.69) is 43.9 Å². The number of hydrogen-bond acceptors (Lipinski definition) is 2. The van der Waals surface area contributed by atoms with Crippen LogP contribution in [0.25, 0.3) is 0 Å². The van der Waals surface area contributed by atoms with Crippen LogP contribution in [-0.4, -0.2) is 24.5 Å². The first kappa shape index (κ1) is 15.5. The fourth-order valence-corrected chi connectivity index (χ4v) is 3.26. The van der Waals surface area contributed by atoms with Crippen molar-refractivity contribution in [2.45, 2.75) is 52.5 Å². The minimum absolute atomic E-state index is 0.175. The summed E-state index contributed by atoms with van der Waals surface area (Å²) in [5.74, 6) is 0.896. The van der Waals surface area contributed by atoms with Crippen molar-refractivity contribution in [3.63, 3.8) is 0 Å². The van der Waals surface area contributed by atoms with Crippen molar-refractivity contribution in [1.29, 1.82) is 0 Å². The molecule has 0 spiro atoms. The van der Waals surface area contributed by atoms with Gasteiger partial charge >= 0.3 is 0 Å². The van der Waals surface area contributed by atoms with E-state index in [1.165, 1.54) is 49.0 Å². The van der Waals surface area contributed by atoms with Crippen LogP contribution in [0.15, 0.2) is 18.2 Å². The van der Waals surface area contributed by atoms with E-state index in [0.29, 0.717) is 0 Å². The summed E-state index contributed by atoms with van der Waals surface area (Å²) in [6, 6.07) is 6.87. The minimum Gasteiger partial charge on any atom is -0.324 e. The molecule has 1 aliphatic heterocycles. The second-order valence-electron chi connectivity index (χ2n) is 6.69. The van der Waals surface area contributed by atoms with Crippen LogP contribution in [0.4, 0.5) is 0 Å². The van der Waals surface area contributed by atoms with Gasteiger partial charge < -0.3 is 10.6 Å². The molecule has 2 atom stereocenters. The number of hydrogen-bond donors (Lipinski definition) is 1. The molecule has 0 aromatic heterocycles. The predicted molar refractivity (Wildman–Crippen MR) is 86.9 cm³/mol. The molecule has 2 nitrogen and oxygen atoms in total. The third-order valence-electron chi connectivity index (χ3n) is 4.54. The van der Waals surface area contributed by atoms with Crippen molar-refractivity contribution in [2.24, 2.45) is 11.7 Å². The Morgan fingerprint density at radius 2 is 1.85 bits per heavy atom. The first-order valence-corrected chi connectivity index (χ1v) is 8.10. The maximum atomic E-state index is 6.39. The summed E-state index contributed by atoms with van der Waals surface area (Å²) in [7, 11) is 0. The average molecular weight is 274 g/mol. The summed E-state index contributed by atoms with van der Waals surface area (Å²) in [6.45, 7) is 10.3. The molecule has 0 bridgehead atoms. The fourth-order valence-electron chi connectivity index (χ4n) is 3.26. The van der Waals surface area contributed by atoms with E-state index in [9.17, 15) is 0 Å². The molecule has 1 aliphatic rings. The van der Waals surface area contributed by atoms with E-state index >= 15 is 0 Å². The van der Waals surface area contributed by atoms with Crippen LogP contribution < -0.4 is 5.73 Å². The third-order valence-corrected chi connectivity index (χ3v) is 4.54. The lowest BCUT2D eigenvalue weighted by atomic mass is 9.99. The molecule has 1 aromatic carbocycles. The molecule has 1 aromatic rings. The molecule has 0 amide bonds. The van der Waals surface area contributed by atoms with Gasteiger partial charge in [-0.15, -0.1) is 0 Å². The standard InChI is InChI=1S/C18H30N2/c1-14-5-4-8-20(9-6-14)10-7-18(19)17-12-15(2)11-16(3)13-17/h11-14,18H,4-10,19H2,1-3H3. The zero-order chi connectivity index (χ0) is 14.5. The van der Waals surface area contributed by atoms with Gasteiger partial charge in [0.25, 0.3) is 0 Å². The maximum Gasteiger partial charge on any atom is 0.0307 e. The highest BCUT2D eigenvalue weighted by Crippen LogP contribution is 2.20. The first-order chi connectivity index (χ1) is 9.54. The SMILES string of the molecule is Cc1cc(C)cc(C(N)CCN2CCCC(C)CC2)c1. The van der Waals surface area contributed by atoms with E-state index in [0.717, 1.165) is 18.9 Å². The molecular weight excluding hydrogens is 244 g/mol. The van der Waals surface area contributed by atoms with Gasteiger partial charge in [-0.25, -0.2) is 0 Å². The highest BCUT2D eigenvalue weighted by atomic mass is 15.1. The van der Waals surface area contributed by atoms with Gasteiger partial charge in [0.2, 0.25) is 0 Å². The molecule has 1 heterocycles. The molecule has 2 N–H and O–H groups in total. The maximum absolute atomic E-state index is 6.39. The number of benzene rings is 1. The molecule has 20 heavy (non-hydrogen) atoms. The van der Waals surface area contributed by atoms with Crippen LogP contribution in [0.2, 0.25) is 0 Å². The highest BCUT2D eigenvalue weighted by molar-refractivity contribution is 5.30. The van der Waals surface area contributed by atoms with Gasteiger partial charge in [-0.2, -0.15) is 0 Å². The monoisotopic (exact) mass is 274 g/mol. The van der Waals surface area contributed by atoms with E-state index in [1.54, 1.807) is 0 Å². The zero-order valence-corrected chi connectivity index (χ0v) is 13.4. The van der Waals surface area contributed by atoms with Crippen LogP contribution in [0.3, 0.4) is 0 Å². The average Bonchev–Trinajstić information content (AvgIpc) is 2.59. The van der Waals surface area contributed by atoms with Crippen molar-refractivity contribution in [3.8, 4) is 0 Å². The number of aryl methyl sites for hydroxylation is 2.